The van der Waals surface area contributed by atoms with Crippen molar-refractivity contribution in [2.45, 2.75) is 177 Å². The first-order valence-electron chi connectivity index (χ1n) is 18.5. The van der Waals surface area contributed by atoms with Crippen molar-refractivity contribution < 1.29 is 14.3 Å². The summed E-state index contributed by atoms with van der Waals surface area (Å²) in [6, 6.07) is 3.58. The third-order valence-corrected chi connectivity index (χ3v) is 21.5. The molecule has 4 unspecified atom stereocenters. The first kappa shape index (κ1) is 32.1. The Morgan fingerprint density at radius 1 is 0.881 bits per heavy atom. The van der Waals surface area contributed by atoms with Crippen molar-refractivity contribution in [2.24, 2.45) is 62.1 Å². The normalized spacial score (nSPS) is 51.9. The second-order valence-electron chi connectivity index (χ2n) is 19.1. The molecule has 0 bridgehead atoms. The molecule has 42 heavy (non-hydrogen) atoms. The molecular weight excluding hydrogens is 533 g/mol. The number of rotatable bonds is 6. The van der Waals surface area contributed by atoms with E-state index in [-0.39, 0.29) is 34.6 Å². The number of aliphatic hydroxyl groups excluding tert-OH is 1. The lowest BCUT2D eigenvalue weighted by Crippen LogP contribution is -2.60. The van der Waals surface area contributed by atoms with Crippen molar-refractivity contribution >= 4 is 8.32 Å². The zero-order valence-corrected chi connectivity index (χ0v) is 30.7. The summed E-state index contributed by atoms with van der Waals surface area (Å²) in [5.41, 5.74) is 1.69. The van der Waals surface area contributed by atoms with Gasteiger partial charge < -0.3 is 14.3 Å². The first-order valence-corrected chi connectivity index (χ1v) is 21.0. The van der Waals surface area contributed by atoms with Crippen LogP contribution >= 0.6 is 0 Å². The van der Waals surface area contributed by atoms with Crippen molar-refractivity contribution in [1.82, 2.24) is 0 Å². The van der Waals surface area contributed by atoms with E-state index < -0.39 is 14.4 Å². The summed E-state index contributed by atoms with van der Waals surface area (Å²) >= 11 is 0. The molecule has 6 aliphatic rings. The van der Waals surface area contributed by atoms with Crippen molar-refractivity contribution in [3.8, 4) is 0 Å². The second-order valence-corrected chi connectivity index (χ2v) is 23.8. The zero-order chi connectivity index (χ0) is 30.9. The average Bonchev–Trinajstić information content (AvgIpc) is 3.56. The summed E-state index contributed by atoms with van der Waals surface area (Å²) < 4.78 is 15.2. The molecule has 5 saturated carbocycles. The summed E-state index contributed by atoms with van der Waals surface area (Å²) in [7, 11) is -1.90. The summed E-state index contributed by atoms with van der Waals surface area (Å²) in [4.78, 5) is 0. The quantitative estimate of drug-likeness (QED) is 0.308. The summed E-state index contributed by atoms with van der Waals surface area (Å²) in [6.45, 7) is 29.5. The molecule has 242 valence electrons. The molecule has 0 aromatic rings. The highest BCUT2D eigenvalue weighted by atomic mass is 28.4. The fraction of sp³-hybridized carbons (Fsp3) is 1.00. The lowest BCUT2D eigenvalue weighted by atomic mass is 9.41. The Morgan fingerprint density at radius 2 is 1.48 bits per heavy atom. The van der Waals surface area contributed by atoms with E-state index in [1.807, 2.05) is 0 Å². The lowest BCUT2D eigenvalue weighted by Gasteiger charge is -2.64. The maximum atomic E-state index is 11.6. The van der Waals surface area contributed by atoms with E-state index in [9.17, 15) is 5.11 Å². The Labute approximate surface area is 261 Å². The maximum Gasteiger partial charge on any atom is 0.192 e. The van der Waals surface area contributed by atoms with Gasteiger partial charge in [-0.15, -0.1) is 0 Å². The van der Waals surface area contributed by atoms with E-state index in [1.165, 1.54) is 63.1 Å². The average molecular weight is 601 g/mol. The Bertz CT molecular complexity index is 1040. The molecule has 3 nitrogen and oxygen atoms in total. The highest BCUT2D eigenvalue weighted by molar-refractivity contribution is 6.73. The van der Waals surface area contributed by atoms with E-state index in [1.54, 1.807) is 0 Å². The molecule has 2 spiro atoms. The van der Waals surface area contributed by atoms with Gasteiger partial charge in [0.25, 0.3) is 0 Å². The van der Waals surface area contributed by atoms with E-state index in [0.29, 0.717) is 28.1 Å². The van der Waals surface area contributed by atoms with E-state index in [4.69, 9.17) is 9.16 Å². The number of hydrogen-bond donors (Lipinski definition) is 1. The predicted octanol–water partition coefficient (Wildman–Crippen LogP) is 9.87. The van der Waals surface area contributed by atoms with E-state index in [0.717, 1.165) is 24.2 Å². The minimum absolute atomic E-state index is 0.0988. The third kappa shape index (κ3) is 3.85. The molecule has 5 aliphatic carbocycles. The van der Waals surface area contributed by atoms with Crippen molar-refractivity contribution in [1.29, 1.82) is 0 Å². The van der Waals surface area contributed by atoms with Crippen molar-refractivity contribution in [2.75, 3.05) is 0 Å². The fourth-order valence-corrected chi connectivity index (χ4v) is 16.6. The Morgan fingerprint density at radius 3 is 2.07 bits per heavy atom. The Balaban J connectivity index is 1.45. The van der Waals surface area contributed by atoms with Crippen LogP contribution in [0.3, 0.4) is 0 Å². The molecule has 6 fully saturated rings. The number of aliphatic hydroxyl groups is 1. The van der Waals surface area contributed by atoms with E-state index >= 15 is 0 Å². The molecule has 1 N–H and O–H groups in total. The summed E-state index contributed by atoms with van der Waals surface area (Å²) in [5.74, 6) is 3.51. The molecule has 1 aliphatic heterocycles. The fourth-order valence-electron chi connectivity index (χ4n) is 13.7. The van der Waals surface area contributed by atoms with Crippen LogP contribution in [0.5, 0.6) is 0 Å². The van der Waals surface area contributed by atoms with Gasteiger partial charge in [-0.3, -0.25) is 0 Å². The van der Waals surface area contributed by atoms with Gasteiger partial charge in [0.2, 0.25) is 0 Å². The van der Waals surface area contributed by atoms with Gasteiger partial charge in [-0.25, -0.2) is 0 Å². The number of ether oxygens (including phenoxy) is 1. The minimum atomic E-state index is -1.90. The molecule has 0 amide bonds. The monoisotopic (exact) mass is 600 g/mol. The lowest BCUT2D eigenvalue weighted by molar-refractivity contribution is -0.186. The van der Waals surface area contributed by atoms with Crippen molar-refractivity contribution in [3.05, 3.63) is 0 Å². The molecule has 4 heteroatoms. The van der Waals surface area contributed by atoms with Gasteiger partial charge in [0, 0.05) is 5.41 Å². The van der Waals surface area contributed by atoms with Crippen LogP contribution < -0.4 is 0 Å². The molecule has 6 rings (SSSR count). The van der Waals surface area contributed by atoms with Gasteiger partial charge >= 0.3 is 0 Å². The number of fused-ring (bicyclic) bond motifs is 4. The van der Waals surface area contributed by atoms with Gasteiger partial charge in [-0.1, -0.05) is 83.1 Å². The van der Waals surface area contributed by atoms with Crippen LogP contribution in [0, 0.1) is 62.1 Å². The number of hydrogen-bond acceptors (Lipinski definition) is 3. The van der Waals surface area contributed by atoms with Gasteiger partial charge in [-0.2, -0.15) is 0 Å². The molecule has 13 atom stereocenters. The standard InChI is InChI=1S/C38H68O3Si/c1-13-42(14-2,15-3)41-32-30-29(24(4)22-26(40-30)31(39)33(6,7)8)35(11)20-21-38-23-37(38)19-18-25(5)34(9,10)27(37)16-17-28(38)36(32,35)12/h24-32,39H,13-23H2,1-12H3/t24?,25-,26+,27-,28-,29?,30-,31?,32-,35+,36+,37?,38-/m0/s1. The Hall–Kier alpha value is 0.0969. The third-order valence-electron chi connectivity index (χ3n) is 16.9. The smallest absolute Gasteiger partial charge is 0.192 e. The van der Waals surface area contributed by atoms with Gasteiger partial charge in [0.15, 0.2) is 8.32 Å². The SMILES string of the molecule is CC[Si](CC)(CC)O[C@H]1[C@H]2O[C@@H](C(O)C(C)(C)C)CC(C)C2[C@@]2(C)CC[C@@]34CC35CC[C@H](C)C(C)(C)[C@@H]5CC[C@H]4[C@]12C. The maximum absolute atomic E-state index is 11.6. The van der Waals surface area contributed by atoms with Gasteiger partial charge in [0.1, 0.15) is 0 Å². The van der Waals surface area contributed by atoms with Crippen LogP contribution in [-0.4, -0.2) is 37.8 Å². The van der Waals surface area contributed by atoms with Crippen molar-refractivity contribution in [3.63, 3.8) is 0 Å². The Kier molecular flexibility index (Phi) is 7.48. The molecule has 1 heterocycles. The zero-order valence-electron chi connectivity index (χ0n) is 29.7. The molecular formula is C38H68O3Si. The molecule has 0 aromatic carbocycles. The van der Waals surface area contributed by atoms with Crippen LogP contribution in [0.25, 0.3) is 0 Å². The minimum Gasteiger partial charge on any atom is -0.411 e. The van der Waals surface area contributed by atoms with Crippen LogP contribution in [0.2, 0.25) is 18.1 Å². The topological polar surface area (TPSA) is 38.7 Å². The predicted molar refractivity (Wildman–Crippen MR) is 177 cm³/mol. The highest BCUT2D eigenvalue weighted by Crippen LogP contribution is 2.89. The molecule has 0 radical (unpaired) electrons. The van der Waals surface area contributed by atoms with Gasteiger partial charge in [0.05, 0.1) is 24.4 Å². The molecule has 1 saturated heterocycles. The van der Waals surface area contributed by atoms with Gasteiger partial charge in [-0.05, 0) is 126 Å². The largest absolute Gasteiger partial charge is 0.411 e. The highest BCUT2D eigenvalue weighted by Gasteiger charge is 2.84. The summed E-state index contributed by atoms with van der Waals surface area (Å²) in [6.07, 6.45) is 10.6. The van der Waals surface area contributed by atoms with Crippen LogP contribution in [0.4, 0.5) is 0 Å². The molecule has 0 aromatic heterocycles. The van der Waals surface area contributed by atoms with Crippen LogP contribution in [0.1, 0.15) is 134 Å². The second kappa shape index (κ2) is 9.80. The van der Waals surface area contributed by atoms with Crippen LogP contribution in [-0.2, 0) is 9.16 Å². The first-order chi connectivity index (χ1) is 19.4. The summed E-state index contributed by atoms with van der Waals surface area (Å²) in [5, 5.41) is 11.6. The van der Waals surface area contributed by atoms with E-state index in [2.05, 4.69) is 83.1 Å². The van der Waals surface area contributed by atoms with Crippen LogP contribution in [0.15, 0.2) is 0 Å².